The molecule has 2 aromatic heterocycles. The van der Waals surface area contributed by atoms with E-state index < -0.39 is 5.91 Å². The molecule has 9 nitrogen and oxygen atoms in total. The minimum atomic E-state index is -0.527. The number of amides is 2. The van der Waals surface area contributed by atoms with E-state index in [4.69, 9.17) is 15.5 Å². The molecule has 0 saturated heterocycles. The zero-order valence-corrected chi connectivity index (χ0v) is 22.4. The topological polar surface area (TPSA) is 143 Å². The van der Waals surface area contributed by atoms with E-state index in [1.165, 1.54) is 12.1 Å². The summed E-state index contributed by atoms with van der Waals surface area (Å²) in [6.07, 6.45) is 7.53. The van der Waals surface area contributed by atoms with E-state index >= 15 is 0 Å². The van der Waals surface area contributed by atoms with Crippen molar-refractivity contribution in [2.24, 2.45) is 5.73 Å². The fraction of sp³-hybridized carbons (Fsp3) is 0.250. The predicted molar refractivity (Wildman–Crippen MR) is 159 cm³/mol. The number of aromatic nitrogens is 2. The van der Waals surface area contributed by atoms with Gasteiger partial charge in [-0.1, -0.05) is 31.7 Å². The average Bonchev–Trinajstić information content (AvgIpc) is 3.37. The van der Waals surface area contributed by atoms with Crippen LogP contribution in [0.25, 0.3) is 23.0 Å². The van der Waals surface area contributed by atoms with Gasteiger partial charge in [-0.05, 0) is 68.7 Å². The number of fused-ring (bicyclic) bond motifs is 1. The molecule has 0 aliphatic carbocycles. The Morgan fingerprint density at radius 1 is 1.20 bits per heavy atom. The molecule has 9 heteroatoms. The second-order valence-corrected chi connectivity index (χ2v) is 9.63. The summed E-state index contributed by atoms with van der Waals surface area (Å²) in [5.74, 6) is -0.417. The number of hydrogen-bond acceptors (Lipinski definition) is 6. The van der Waals surface area contributed by atoms with E-state index in [1.807, 2.05) is 67.0 Å². The number of nitrogens with zero attached hydrogens (tertiary/aromatic N) is 3. The molecule has 212 valence electrons. The summed E-state index contributed by atoms with van der Waals surface area (Å²) >= 11 is 0. The first-order valence-electron chi connectivity index (χ1n) is 12.9. The number of pyridine rings is 1. The van der Waals surface area contributed by atoms with Gasteiger partial charge in [0.05, 0.1) is 17.4 Å². The first kappa shape index (κ1) is 30.6. The molecule has 0 saturated carbocycles. The van der Waals surface area contributed by atoms with Crippen LogP contribution >= 0.6 is 0 Å². The molecule has 4 rings (SSSR count). The van der Waals surface area contributed by atoms with Gasteiger partial charge in [-0.3, -0.25) is 9.59 Å². The second-order valence-electron chi connectivity index (χ2n) is 9.63. The Labute approximate surface area is 239 Å². The highest BCUT2D eigenvalue weighted by Gasteiger charge is 2.17. The number of nitrogens with two attached hydrogens (primary N) is 1. The summed E-state index contributed by atoms with van der Waals surface area (Å²) in [6, 6.07) is 18.1. The molecule has 1 atom stereocenters. The van der Waals surface area contributed by atoms with Gasteiger partial charge in [0, 0.05) is 47.8 Å². The van der Waals surface area contributed by atoms with Crippen molar-refractivity contribution < 1.29 is 19.4 Å². The highest BCUT2D eigenvalue weighted by molar-refractivity contribution is 5.95. The zero-order valence-electron chi connectivity index (χ0n) is 22.4. The first-order valence-corrected chi connectivity index (χ1v) is 12.9. The number of hydrogen-bond donors (Lipinski definition) is 3. The molecule has 0 fully saturated rings. The van der Waals surface area contributed by atoms with Gasteiger partial charge < -0.3 is 25.3 Å². The Bertz CT molecular complexity index is 1580. The maximum absolute atomic E-state index is 13.0. The average molecular weight is 554 g/mol. The van der Waals surface area contributed by atoms with Crippen LogP contribution in [0.15, 0.2) is 73.1 Å². The van der Waals surface area contributed by atoms with E-state index in [-0.39, 0.29) is 32.1 Å². The van der Waals surface area contributed by atoms with Crippen molar-refractivity contribution in [1.82, 2.24) is 14.7 Å². The third-order valence-electron chi connectivity index (χ3n) is 6.21. The molecular weight excluding hydrogens is 518 g/mol. The molecule has 2 amide bonds. The van der Waals surface area contributed by atoms with Crippen molar-refractivity contribution in [2.75, 3.05) is 6.61 Å². The largest absolute Gasteiger partial charge is 0.490 e. The van der Waals surface area contributed by atoms with E-state index in [2.05, 4.69) is 11.4 Å². The quantitative estimate of drug-likeness (QED) is 0.233. The van der Waals surface area contributed by atoms with E-state index in [1.54, 1.807) is 18.2 Å². The van der Waals surface area contributed by atoms with Gasteiger partial charge >= 0.3 is 0 Å². The molecule has 0 aliphatic rings. The number of nitrogens with one attached hydrogen (secondary N) is 1. The molecule has 41 heavy (non-hydrogen) atoms. The van der Waals surface area contributed by atoms with Gasteiger partial charge in [-0.2, -0.15) is 5.26 Å². The Morgan fingerprint density at radius 2 is 1.95 bits per heavy atom. The number of nitriles is 1. The number of ether oxygens (including phenoxy) is 1. The summed E-state index contributed by atoms with van der Waals surface area (Å²) in [5.41, 5.74) is 10.0. The Balaban J connectivity index is 0.00000462. The lowest BCUT2D eigenvalue weighted by Crippen LogP contribution is -2.37. The smallest absolute Gasteiger partial charge is 0.251 e. The minimum absolute atomic E-state index is 0. The number of primary amides is 1. The fourth-order valence-corrected chi connectivity index (χ4v) is 4.34. The number of benzene rings is 2. The van der Waals surface area contributed by atoms with E-state index in [0.29, 0.717) is 35.4 Å². The predicted octanol–water partition coefficient (Wildman–Crippen LogP) is 4.52. The van der Waals surface area contributed by atoms with Gasteiger partial charge in [-0.25, -0.2) is 4.98 Å². The van der Waals surface area contributed by atoms with Crippen LogP contribution in [0.2, 0.25) is 0 Å². The van der Waals surface area contributed by atoms with Crippen molar-refractivity contribution in [3.63, 3.8) is 0 Å². The van der Waals surface area contributed by atoms with E-state index in [0.717, 1.165) is 22.4 Å². The monoisotopic (exact) mass is 553 g/mol. The molecule has 4 N–H and O–H groups in total. The normalized spacial score (nSPS) is 11.7. The fourth-order valence-electron chi connectivity index (χ4n) is 4.34. The Morgan fingerprint density at radius 3 is 2.61 bits per heavy atom. The molecule has 2 aromatic carbocycles. The molecule has 0 aliphatic heterocycles. The maximum atomic E-state index is 13.0. The third kappa shape index (κ3) is 7.81. The van der Waals surface area contributed by atoms with Crippen molar-refractivity contribution in [2.45, 2.75) is 46.3 Å². The van der Waals surface area contributed by atoms with Crippen LogP contribution in [-0.4, -0.2) is 45.1 Å². The minimum Gasteiger partial charge on any atom is -0.490 e. The summed E-state index contributed by atoms with van der Waals surface area (Å²) in [5, 5.41) is 22.1. The van der Waals surface area contributed by atoms with Gasteiger partial charge in [0.2, 0.25) is 5.91 Å². The number of carbonyl (C=O) groups is 2. The summed E-state index contributed by atoms with van der Waals surface area (Å²) in [7, 11) is 0. The summed E-state index contributed by atoms with van der Waals surface area (Å²) in [6.45, 7) is 3.66. The zero-order chi connectivity index (χ0) is 28.6. The lowest BCUT2D eigenvalue weighted by Gasteiger charge is -2.19. The SMILES string of the molecule is C.CC(C)Oc1ccc(C(=O)N[C@H](CCO)Cc2ccc(-c3cn4cccc(/C=C/C(N)=O)c4n3)cc2)cc1C#N. The molecule has 0 unspecified atom stereocenters. The Kier molecular flexibility index (Phi) is 10.4. The highest BCUT2D eigenvalue weighted by atomic mass is 16.5. The number of carbonyl (C=O) groups excluding carboxylic acids is 2. The maximum Gasteiger partial charge on any atom is 0.251 e. The lowest BCUT2D eigenvalue weighted by atomic mass is 10.0. The number of aliphatic hydroxyl groups is 1. The van der Waals surface area contributed by atoms with Gasteiger partial charge in [-0.15, -0.1) is 0 Å². The third-order valence-corrected chi connectivity index (χ3v) is 6.21. The summed E-state index contributed by atoms with van der Waals surface area (Å²) < 4.78 is 7.53. The lowest BCUT2D eigenvalue weighted by molar-refractivity contribution is -0.113. The van der Waals surface area contributed by atoms with Gasteiger partial charge in [0.25, 0.3) is 5.91 Å². The molecule has 0 spiro atoms. The number of aliphatic hydroxyl groups excluding tert-OH is 1. The van der Waals surface area contributed by atoms with Crippen LogP contribution in [0.5, 0.6) is 5.75 Å². The van der Waals surface area contributed by atoms with Crippen LogP contribution in [0.4, 0.5) is 0 Å². The molecule has 0 bridgehead atoms. The van der Waals surface area contributed by atoms with E-state index in [9.17, 15) is 20.0 Å². The Hall–Kier alpha value is -4.94. The number of imidazole rings is 1. The van der Waals surface area contributed by atoms with Crippen LogP contribution in [-0.2, 0) is 11.2 Å². The van der Waals surface area contributed by atoms with Crippen LogP contribution < -0.4 is 15.8 Å². The molecule has 0 radical (unpaired) electrons. The van der Waals surface area contributed by atoms with Crippen molar-refractivity contribution in [3.05, 3.63) is 95.3 Å². The van der Waals surface area contributed by atoms with Crippen LogP contribution in [0.1, 0.15) is 54.7 Å². The van der Waals surface area contributed by atoms with Crippen LogP contribution in [0.3, 0.4) is 0 Å². The molecule has 2 heterocycles. The van der Waals surface area contributed by atoms with Gasteiger partial charge in [0.1, 0.15) is 17.5 Å². The van der Waals surface area contributed by atoms with Gasteiger partial charge in [0.15, 0.2) is 0 Å². The first-order chi connectivity index (χ1) is 19.3. The second kappa shape index (κ2) is 13.9. The highest BCUT2D eigenvalue weighted by Crippen LogP contribution is 2.23. The van der Waals surface area contributed by atoms with Crippen molar-refractivity contribution in [3.8, 4) is 23.1 Å². The van der Waals surface area contributed by atoms with Crippen molar-refractivity contribution >= 4 is 23.5 Å². The van der Waals surface area contributed by atoms with Crippen molar-refractivity contribution in [1.29, 1.82) is 5.26 Å². The van der Waals surface area contributed by atoms with Crippen LogP contribution in [0, 0.1) is 11.3 Å². The number of rotatable bonds is 11. The molecule has 4 aromatic rings. The molecular formula is C32H35N5O4. The standard InChI is InChI=1S/C31H31N5O4.CH4/c1-20(2)40-28-11-9-24(17-25(28)18-32)31(39)34-26(13-15-37)16-21-5-7-22(8-6-21)27-19-36-14-3-4-23(30(36)35-27)10-12-29(33)38;/h3-12,14,17,19-20,26,37H,13,15-16H2,1-2H3,(H2,33,38)(H,34,39);1H4/b12-10+;/t26-;/m1./s1. The summed E-state index contributed by atoms with van der Waals surface area (Å²) in [4.78, 5) is 28.8.